The van der Waals surface area contributed by atoms with Crippen LogP contribution in [0.2, 0.25) is 0 Å². The number of guanidine groups is 1. The van der Waals surface area contributed by atoms with Gasteiger partial charge in [0, 0.05) is 57.6 Å². The van der Waals surface area contributed by atoms with E-state index in [2.05, 4.69) is 58.7 Å². The first-order valence-electron chi connectivity index (χ1n) is 11.7. The summed E-state index contributed by atoms with van der Waals surface area (Å²) >= 11 is 0. The summed E-state index contributed by atoms with van der Waals surface area (Å²) in [6, 6.07) is 10.7. The Morgan fingerprint density at radius 1 is 1.12 bits per heavy atom. The summed E-state index contributed by atoms with van der Waals surface area (Å²) in [6.07, 6.45) is 6.23. The van der Waals surface area contributed by atoms with Crippen molar-refractivity contribution in [3.05, 3.63) is 53.5 Å². The van der Waals surface area contributed by atoms with Crippen LogP contribution in [-0.2, 0) is 6.54 Å². The zero-order valence-corrected chi connectivity index (χ0v) is 22.4. The van der Waals surface area contributed by atoms with Gasteiger partial charge in [-0.3, -0.25) is 9.79 Å². The highest BCUT2D eigenvalue weighted by molar-refractivity contribution is 14.0. The van der Waals surface area contributed by atoms with Gasteiger partial charge in [-0.1, -0.05) is 12.1 Å². The Morgan fingerprint density at radius 2 is 1.85 bits per heavy atom. The molecule has 33 heavy (non-hydrogen) atoms. The van der Waals surface area contributed by atoms with Crippen LogP contribution in [-0.4, -0.2) is 56.5 Å². The van der Waals surface area contributed by atoms with Gasteiger partial charge in [0.1, 0.15) is 0 Å². The van der Waals surface area contributed by atoms with Crippen LogP contribution in [0.5, 0.6) is 0 Å². The number of nitrogens with one attached hydrogen (secondary N) is 2. The Hall–Kier alpha value is -2.23. The zero-order chi connectivity index (χ0) is 22.8. The van der Waals surface area contributed by atoms with E-state index in [-0.39, 0.29) is 29.9 Å². The van der Waals surface area contributed by atoms with Crippen molar-refractivity contribution >= 4 is 41.5 Å². The van der Waals surface area contributed by atoms with Gasteiger partial charge in [0.15, 0.2) is 11.7 Å². The molecule has 3 rings (SSSR count). The summed E-state index contributed by atoms with van der Waals surface area (Å²) < 4.78 is 5.22. The molecule has 0 atom stereocenters. The normalized spacial score (nSPS) is 13.9. The molecule has 0 radical (unpaired) electrons. The van der Waals surface area contributed by atoms with Crippen LogP contribution in [0.4, 0.5) is 5.69 Å². The summed E-state index contributed by atoms with van der Waals surface area (Å²) in [5, 5.41) is 6.25. The molecule has 0 spiro atoms. The molecule has 2 N–H and O–H groups in total. The first-order chi connectivity index (χ1) is 15.6. The Bertz CT molecular complexity index is 875. The molecule has 1 aromatic carbocycles. The Kier molecular flexibility index (Phi) is 11.6. The van der Waals surface area contributed by atoms with Crippen LogP contribution in [0.1, 0.15) is 54.3 Å². The summed E-state index contributed by atoms with van der Waals surface area (Å²) in [7, 11) is 2.06. The van der Waals surface area contributed by atoms with Crippen molar-refractivity contribution in [2.45, 2.75) is 46.1 Å². The number of aryl methyl sites for hydroxylation is 1. The summed E-state index contributed by atoms with van der Waals surface area (Å²) in [6.45, 7) is 9.06. The van der Waals surface area contributed by atoms with Gasteiger partial charge in [-0.25, -0.2) is 0 Å². The minimum atomic E-state index is -0.173. The van der Waals surface area contributed by atoms with E-state index in [1.54, 1.807) is 6.07 Å². The van der Waals surface area contributed by atoms with E-state index < -0.39 is 0 Å². The second kappa shape index (κ2) is 14.1. The second-order valence-electron chi connectivity index (χ2n) is 8.35. The molecule has 1 aliphatic rings. The van der Waals surface area contributed by atoms with E-state index in [1.807, 2.05) is 6.92 Å². The van der Waals surface area contributed by atoms with Crippen LogP contribution < -0.4 is 15.5 Å². The molecule has 182 valence electrons. The van der Waals surface area contributed by atoms with Crippen molar-refractivity contribution in [1.82, 2.24) is 15.5 Å². The fourth-order valence-electron chi connectivity index (χ4n) is 3.93. The third kappa shape index (κ3) is 8.24. The van der Waals surface area contributed by atoms with Gasteiger partial charge in [0.05, 0.1) is 6.26 Å². The van der Waals surface area contributed by atoms with Crippen molar-refractivity contribution < 1.29 is 9.21 Å². The van der Waals surface area contributed by atoms with Gasteiger partial charge in [0.2, 0.25) is 0 Å². The predicted molar refractivity (Wildman–Crippen MR) is 146 cm³/mol. The number of furan rings is 1. The van der Waals surface area contributed by atoms with Crippen LogP contribution in [0.3, 0.4) is 0 Å². The molecule has 1 fully saturated rings. The van der Waals surface area contributed by atoms with Gasteiger partial charge in [-0.05, 0) is 63.3 Å². The molecule has 1 amide bonds. The van der Waals surface area contributed by atoms with Crippen molar-refractivity contribution in [3.63, 3.8) is 0 Å². The number of rotatable bonds is 9. The van der Waals surface area contributed by atoms with Crippen LogP contribution in [0.25, 0.3) is 0 Å². The number of hydrogen-bond acceptors (Lipinski definition) is 4. The maximum absolute atomic E-state index is 12.1. The van der Waals surface area contributed by atoms with Gasteiger partial charge in [0.25, 0.3) is 5.91 Å². The Labute approximate surface area is 215 Å². The van der Waals surface area contributed by atoms with Gasteiger partial charge >= 0.3 is 0 Å². The molecule has 0 aliphatic carbocycles. The molecule has 0 bridgehead atoms. The molecule has 1 aromatic heterocycles. The average Bonchev–Trinajstić information content (AvgIpc) is 3.25. The summed E-state index contributed by atoms with van der Waals surface area (Å²) in [5.74, 6) is 1.09. The fourth-order valence-corrected chi connectivity index (χ4v) is 3.93. The third-order valence-corrected chi connectivity index (χ3v) is 5.72. The molecule has 1 aliphatic heterocycles. The lowest BCUT2D eigenvalue weighted by Gasteiger charge is -2.29. The topological polar surface area (TPSA) is 73.1 Å². The SMILES string of the molecule is CCNC(=NCCCNC(=O)c1occc1C)N(C)Cc1ccc(N2CCCCC2)cc1.I. The smallest absolute Gasteiger partial charge is 0.287 e. The second-order valence-corrected chi connectivity index (χ2v) is 8.35. The van der Waals surface area contributed by atoms with E-state index >= 15 is 0 Å². The standard InChI is InChI=1S/C25H37N5O2.HI/c1-4-26-25(28-15-8-14-27-24(31)23-20(2)13-18-32-23)29(3)19-21-9-11-22(12-10-21)30-16-6-5-7-17-30;/h9-13,18H,4-8,14-17,19H2,1-3H3,(H,26,28)(H,27,31);1H. The molecular formula is C25H38IN5O2. The number of carbonyl (C=O) groups excluding carboxylic acids is 1. The number of piperidine rings is 1. The number of amides is 1. The van der Waals surface area contributed by atoms with Crippen molar-refractivity contribution in [2.75, 3.05) is 44.7 Å². The predicted octanol–water partition coefficient (Wildman–Crippen LogP) is 4.41. The third-order valence-electron chi connectivity index (χ3n) is 5.72. The fraction of sp³-hybridized carbons (Fsp3) is 0.520. The van der Waals surface area contributed by atoms with E-state index in [9.17, 15) is 4.79 Å². The van der Waals surface area contributed by atoms with Crippen molar-refractivity contribution in [2.24, 2.45) is 4.99 Å². The summed E-state index contributed by atoms with van der Waals surface area (Å²) in [5.41, 5.74) is 3.43. The van der Waals surface area contributed by atoms with E-state index in [4.69, 9.17) is 9.41 Å². The number of carbonyl (C=O) groups is 1. The monoisotopic (exact) mass is 567 g/mol. The van der Waals surface area contributed by atoms with Crippen LogP contribution in [0, 0.1) is 6.92 Å². The largest absolute Gasteiger partial charge is 0.459 e. The minimum absolute atomic E-state index is 0. The van der Waals surface area contributed by atoms with Crippen LogP contribution in [0.15, 0.2) is 46.0 Å². The maximum atomic E-state index is 12.1. The zero-order valence-electron chi connectivity index (χ0n) is 20.1. The maximum Gasteiger partial charge on any atom is 0.287 e. The number of anilines is 1. The number of hydrogen-bond donors (Lipinski definition) is 2. The molecule has 0 unspecified atom stereocenters. The first-order valence-corrected chi connectivity index (χ1v) is 11.7. The molecule has 2 heterocycles. The van der Waals surface area contributed by atoms with E-state index in [0.717, 1.165) is 44.1 Å². The molecule has 0 saturated carbocycles. The highest BCUT2D eigenvalue weighted by Gasteiger charge is 2.13. The lowest BCUT2D eigenvalue weighted by molar-refractivity contribution is 0.0925. The van der Waals surface area contributed by atoms with Crippen molar-refractivity contribution in [1.29, 1.82) is 0 Å². The highest BCUT2D eigenvalue weighted by Crippen LogP contribution is 2.20. The Morgan fingerprint density at radius 3 is 2.48 bits per heavy atom. The van der Waals surface area contributed by atoms with Gasteiger partial charge < -0.3 is 24.9 Å². The number of aliphatic imine (C=N–C) groups is 1. The molecule has 1 saturated heterocycles. The van der Waals surface area contributed by atoms with Crippen LogP contribution >= 0.6 is 24.0 Å². The first kappa shape index (κ1) is 27.0. The molecule has 2 aromatic rings. The highest BCUT2D eigenvalue weighted by atomic mass is 127. The molecule has 8 heteroatoms. The summed E-state index contributed by atoms with van der Waals surface area (Å²) in [4.78, 5) is 21.4. The minimum Gasteiger partial charge on any atom is -0.459 e. The lowest BCUT2D eigenvalue weighted by atomic mass is 10.1. The number of benzene rings is 1. The molecule has 7 nitrogen and oxygen atoms in total. The van der Waals surface area contributed by atoms with Gasteiger partial charge in [-0.2, -0.15) is 0 Å². The van der Waals surface area contributed by atoms with Gasteiger partial charge in [-0.15, -0.1) is 24.0 Å². The quantitative estimate of drug-likeness (QED) is 0.203. The molecular weight excluding hydrogens is 529 g/mol. The van der Waals surface area contributed by atoms with Crippen molar-refractivity contribution in [3.8, 4) is 0 Å². The van der Waals surface area contributed by atoms with E-state index in [1.165, 1.54) is 36.8 Å². The average molecular weight is 568 g/mol. The van der Waals surface area contributed by atoms with E-state index in [0.29, 0.717) is 18.8 Å². The number of nitrogens with zero attached hydrogens (tertiary/aromatic N) is 3. The number of halogens is 1. The Balaban J connectivity index is 0.00000385. The lowest BCUT2D eigenvalue weighted by Crippen LogP contribution is -2.38.